The van der Waals surface area contributed by atoms with Crippen LogP contribution in [0.3, 0.4) is 0 Å². The van der Waals surface area contributed by atoms with Crippen LogP contribution in [0.1, 0.15) is 32.6 Å². The summed E-state index contributed by atoms with van der Waals surface area (Å²) in [5.41, 5.74) is 0. The van der Waals surface area contributed by atoms with Gasteiger partial charge in [-0.3, -0.25) is 9.69 Å². The van der Waals surface area contributed by atoms with Crippen molar-refractivity contribution >= 4 is 5.91 Å². The van der Waals surface area contributed by atoms with E-state index in [1.807, 2.05) is 0 Å². The lowest BCUT2D eigenvalue weighted by Gasteiger charge is -2.32. The van der Waals surface area contributed by atoms with Crippen LogP contribution in [0.15, 0.2) is 0 Å². The fourth-order valence-corrected chi connectivity index (χ4v) is 4.14. The highest BCUT2D eigenvalue weighted by molar-refractivity contribution is 5.76. The molecule has 0 spiro atoms. The van der Waals surface area contributed by atoms with Crippen LogP contribution >= 0.6 is 0 Å². The fourth-order valence-electron chi connectivity index (χ4n) is 4.14. The monoisotopic (exact) mass is 309 g/mol. The minimum atomic E-state index is 0.369. The third-order valence-corrected chi connectivity index (χ3v) is 5.71. The van der Waals surface area contributed by atoms with Gasteiger partial charge in [0, 0.05) is 38.6 Å². The average molecular weight is 309 g/mol. The van der Waals surface area contributed by atoms with Gasteiger partial charge in [0.1, 0.15) is 0 Å². The lowest BCUT2D eigenvalue weighted by atomic mass is 9.85. The van der Waals surface area contributed by atoms with Crippen LogP contribution < -0.4 is 5.32 Å². The van der Waals surface area contributed by atoms with Crippen molar-refractivity contribution in [2.75, 3.05) is 52.5 Å². The Balaban J connectivity index is 1.44. The molecule has 126 valence electrons. The number of nitrogens with zero attached hydrogens (tertiary/aromatic N) is 2. The third kappa shape index (κ3) is 4.00. The summed E-state index contributed by atoms with van der Waals surface area (Å²) in [5.74, 6) is 1.55. The van der Waals surface area contributed by atoms with E-state index in [0.717, 1.165) is 65.3 Å². The van der Waals surface area contributed by atoms with E-state index in [9.17, 15) is 4.79 Å². The fraction of sp³-hybridized carbons (Fsp3) is 0.941. The normalized spacial score (nSPS) is 32.1. The lowest BCUT2D eigenvalue weighted by molar-refractivity contribution is -0.131. The van der Waals surface area contributed by atoms with E-state index in [1.165, 1.54) is 12.8 Å². The first-order valence-electron chi connectivity index (χ1n) is 9.04. The topological polar surface area (TPSA) is 44.8 Å². The first-order valence-corrected chi connectivity index (χ1v) is 9.04. The second kappa shape index (κ2) is 7.75. The number of hydrogen-bond donors (Lipinski definition) is 1. The molecular weight excluding hydrogens is 278 g/mol. The summed E-state index contributed by atoms with van der Waals surface area (Å²) in [7, 11) is 0. The molecule has 3 aliphatic heterocycles. The van der Waals surface area contributed by atoms with Gasteiger partial charge in [-0.2, -0.15) is 0 Å². The van der Waals surface area contributed by atoms with Crippen LogP contribution in [0.4, 0.5) is 0 Å². The molecule has 1 N–H and O–H groups in total. The van der Waals surface area contributed by atoms with Crippen molar-refractivity contribution in [2.45, 2.75) is 38.6 Å². The molecule has 0 saturated carbocycles. The number of nitrogens with one attached hydrogen (secondary N) is 1. The van der Waals surface area contributed by atoms with Crippen LogP contribution in [-0.2, 0) is 9.53 Å². The summed E-state index contributed by atoms with van der Waals surface area (Å²) < 4.78 is 5.43. The van der Waals surface area contributed by atoms with Gasteiger partial charge in [0.15, 0.2) is 0 Å². The summed E-state index contributed by atoms with van der Waals surface area (Å²) in [6, 6.07) is 0.555. The molecule has 3 rings (SSSR count). The molecule has 0 radical (unpaired) electrons. The molecule has 1 amide bonds. The Kier molecular flexibility index (Phi) is 5.71. The predicted molar refractivity (Wildman–Crippen MR) is 86.8 cm³/mol. The standard InChI is InChI=1S/C17H31N3O2/c1-14(15-3-2-5-18-12-15)11-17(21)20-6-4-16(13-20)19-7-9-22-10-8-19/h14-16,18H,2-13H2,1H3. The minimum Gasteiger partial charge on any atom is -0.379 e. The van der Waals surface area contributed by atoms with E-state index in [4.69, 9.17) is 4.74 Å². The number of amides is 1. The van der Waals surface area contributed by atoms with Crippen LogP contribution in [0.25, 0.3) is 0 Å². The Morgan fingerprint density at radius 3 is 2.82 bits per heavy atom. The number of hydrogen-bond acceptors (Lipinski definition) is 4. The number of ether oxygens (including phenoxy) is 1. The van der Waals surface area contributed by atoms with Crippen molar-refractivity contribution in [3.05, 3.63) is 0 Å². The molecule has 3 atom stereocenters. The highest BCUT2D eigenvalue weighted by atomic mass is 16.5. The molecule has 5 nitrogen and oxygen atoms in total. The number of carbonyl (C=O) groups excluding carboxylic acids is 1. The van der Waals surface area contributed by atoms with Crippen molar-refractivity contribution in [1.29, 1.82) is 0 Å². The molecule has 0 aliphatic carbocycles. The van der Waals surface area contributed by atoms with Crippen LogP contribution in [-0.4, -0.2) is 74.2 Å². The van der Waals surface area contributed by atoms with Gasteiger partial charge >= 0.3 is 0 Å². The van der Waals surface area contributed by atoms with Crippen molar-refractivity contribution in [3.63, 3.8) is 0 Å². The maximum atomic E-state index is 12.6. The van der Waals surface area contributed by atoms with Crippen molar-refractivity contribution in [1.82, 2.24) is 15.1 Å². The minimum absolute atomic E-state index is 0.369. The highest BCUT2D eigenvalue weighted by Gasteiger charge is 2.32. The summed E-state index contributed by atoms with van der Waals surface area (Å²) in [6.07, 6.45) is 4.39. The quantitative estimate of drug-likeness (QED) is 0.840. The van der Waals surface area contributed by atoms with Gasteiger partial charge in [0.2, 0.25) is 5.91 Å². The Morgan fingerprint density at radius 1 is 1.27 bits per heavy atom. The summed E-state index contributed by atoms with van der Waals surface area (Å²) in [4.78, 5) is 17.2. The average Bonchev–Trinajstić information content (AvgIpc) is 3.06. The van der Waals surface area contributed by atoms with Crippen LogP contribution in [0, 0.1) is 11.8 Å². The maximum absolute atomic E-state index is 12.6. The lowest BCUT2D eigenvalue weighted by Crippen LogP contribution is -2.45. The van der Waals surface area contributed by atoms with Gasteiger partial charge in [-0.05, 0) is 44.2 Å². The number of likely N-dealkylation sites (tertiary alicyclic amines) is 1. The molecule has 5 heteroatoms. The molecule has 3 unspecified atom stereocenters. The number of piperidine rings is 1. The molecule has 3 heterocycles. The molecule has 3 aliphatic rings. The zero-order chi connectivity index (χ0) is 15.4. The largest absolute Gasteiger partial charge is 0.379 e. The molecule has 3 saturated heterocycles. The van der Waals surface area contributed by atoms with E-state index in [2.05, 4.69) is 22.0 Å². The Bertz CT molecular complexity index is 365. The van der Waals surface area contributed by atoms with Crippen molar-refractivity contribution in [2.24, 2.45) is 11.8 Å². The molecule has 0 aromatic carbocycles. The molecule has 0 bridgehead atoms. The molecule has 22 heavy (non-hydrogen) atoms. The molecule has 3 fully saturated rings. The Hall–Kier alpha value is -0.650. The van der Waals surface area contributed by atoms with E-state index >= 15 is 0 Å². The number of rotatable bonds is 4. The maximum Gasteiger partial charge on any atom is 0.222 e. The summed E-state index contributed by atoms with van der Waals surface area (Å²) in [5, 5.41) is 3.47. The van der Waals surface area contributed by atoms with Gasteiger partial charge in [-0.1, -0.05) is 6.92 Å². The SMILES string of the molecule is CC(CC(=O)N1CCC(N2CCOCC2)C1)C1CCCNC1. The Labute approximate surface area is 134 Å². The molecule has 0 aromatic rings. The second-order valence-corrected chi connectivity index (χ2v) is 7.22. The highest BCUT2D eigenvalue weighted by Crippen LogP contribution is 2.25. The van der Waals surface area contributed by atoms with Gasteiger partial charge in [0.05, 0.1) is 13.2 Å². The van der Waals surface area contributed by atoms with Gasteiger partial charge in [-0.25, -0.2) is 0 Å². The third-order valence-electron chi connectivity index (χ3n) is 5.71. The first-order chi connectivity index (χ1) is 10.7. The predicted octanol–water partition coefficient (Wildman–Crippen LogP) is 0.945. The first kappa shape index (κ1) is 16.2. The number of morpholine rings is 1. The molecule has 0 aromatic heterocycles. The van der Waals surface area contributed by atoms with E-state index in [-0.39, 0.29) is 0 Å². The van der Waals surface area contributed by atoms with Crippen molar-refractivity contribution in [3.8, 4) is 0 Å². The van der Waals surface area contributed by atoms with E-state index in [0.29, 0.717) is 23.8 Å². The zero-order valence-electron chi connectivity index (χ0n) is 13.9. The second-order valence-electron chi connectivity index (χ2n) is 7.22. The van der Waals surface area contributed by atoms with Crippen LogP contribution in [0.2, 0.25) is 0 Å². The number of carbonyl (C=O) groups is 1. The summed E-state index contributed by atoms with van der Waals surface area (Å²) in [6.45, 7) is 10.1. The van der Waals surface area contributed by atoms with Crippen LogP contribution in [0.5, 0.6) is 0 Å². The van der Waals surface area contributed by atoms with E-state index in [1.54, 1.807) is 0 Å². The zero-order valence-corrected chi connectivity index (χ0v) is 13.9. The van der Waals surface area contributed by atoms with Gasteiger partial charge in [-0.15, -0.1) is 0 Å². The smallest absolute Gasteiger partial charge is 0.222 e. The van der Waals surface area contributed by atoms with Gasteiger partial charge in [0.25, 0.3) is 0 Å². The van der Waals surface area contributed by atoms with Gasteiger partial charge < -0.3 is 15.0 Å². The summed E-state index contributed by atoms with van der Waals surface area (Å²) >= 11 is 0. The van der Waals surface area contributed by atoms with E-state index < -0.39 is 0 Å². The van der Waals surface area contributed by atoms with Crippen molar-refractivity contribution < 1.29 is 9.53 Å². The molecular formula is C17H31N3O2. The Morgan fingerprint density at radius 2 is 2.09 bits per heavy atom.